The van der Waals surface area contributed by atoms with Gasteiger partial charge in [0.1, 0.15) is 5.82 Å². The van der Waals surface area contributed by atoms with E-state index in [0.29, 0.717) is 17.9 Å². The third kappa shape index (κ3) is 3.67. The Labute approximate surface area is 118 Å². The number of hydrogen-bond donors (Lipinski definition) is 2. The summed E-state index contributed by atoms with van der Waals surface area (Å²) in [5.74, 6) is 6.03. The summed E-state index contributed by atoms with van der Waals surface area (Å²) < 4.78 is 0. The molecule has 1 aromatic carbocycles. The molecule has 0 aliphatic carbocycles. The zero-order valence-electron chi connectivity index (χ0n) is 11.2. The zero-order chi connectivity index (χ0) is 14.4. The Morgan fingerprint density at radius 2 is 2.00 bits per heavy atom. The van der Waals surface area contributed by atoms with Gasteiger partial charge in [0.05, 0.1) is 6.54 Å². The number of benzene rings is 1. The van der Waals surface area contributed by atoms with Gasteiger partial charge in [0.15, 0.2) is 0 Å². The van der Waals surface area contributed by atoms with Gasteiger partial charge in [-0.3, -0.25) is 4.79 Å². The molecule has 2 aromatic rings. The van der Waals surface area contributed by atoms with Crippen molar-refractivity contribution in [1.29, 1.82) is 0 Å². The Balaban J connectivity index is 2.09. The van der Waals surface area contributed by atoms with Crippen LogP contribution in [0.1, 0.15) is 21.6 Å². The van der Waals surface area contributed by atoms with Gasteiger partial charge >= 0.3 is 0 Å². The summed E-state index contributed by atoms with van der Waals surface area (Å²) in [4.78, 5) is 16.3. The summed E-state index contributed by atoms with van der Waals surface area (Å²) in [5, 5.41) is 2.76. The van der Waals surface area contributed by atoms with Crippen molar-refractivity contribution in [3.63, 3.8) is 0 Å². The number of amides is 1. The summed E-state index contributed by atoms with van der Waals surface area (Å²) >= 11 is 0. The fourth-order valence-electron chi connectivity index (χ4n) is 1.66. The molecular weight excluding hydrogens is 250 g/mol. The highest BCUT2D eigenvalue weighted by atomic mass is 16.1. The van der Waals surface area contributed by atoms with E-state index in [0.717, 1.165) is 11.3 Å². The topological polar surface area (TPSA) is 68.0 Å². The molecule has 1 amide bonds. The molecule has 4 nitrogen and oxygen atoms in total. The van der Waals surface area contributed by atoms with Crippen molar-refractivity contribution in [3.05, 3.63) is 59.3 Å². The third-order valence-electron chi connectivity index (χ3n) is 2.61. The summed E-state index contributed by atoms with van der Waals surface area (Å²) in [6.45, 7) is 2.20. The maximum atomic E-state index is 12.0. The van der Waals surface area contributed by atoms with Gasteiger partial charge in [-0.05, 0) is 43.3 Å². The predicted octanol–water partition coefficient (Wildman–Crippen LogP) is 1.95. The van der Waals surface area contributed by atoms with Crippen LogP contribution < -0.4 is 11.1 Å². The van der Waals surface area contributed by atoms with E-state index in [1.165, 1.54) is 0 Å². The van der Waals surface area contributed by atoms with Crippen molar-refractivity contribution in [2.24, 2.45) is 5.73 Å². The first-order valence-corrected chi connectivity index (χ1v) is 6.23. The van der Waals surface area contributed by atoms with Crippen molar-refractivity contribution in [2.75, 3.05) is 11.9 Å². The van der Waals surface area contributed by atoms with E-state index in [4.69, 9.17) is 5.73 Å². The van der Waals surface area contributed by atoms with Gasteiger partial charge in [-0.25, -0.2) is 4.98 Å². The minimum Gasteiger partial charge on any atom is -0.320 e. The van der Waals surface area contributed by atoms with Crippen LogP contribution in [0.2, 0.25) is 0 Å². The maximum Gasteiger partial charge on any atom is 0.256 e. The number of pyridine rings is 1. The van der Waals surface area contributed by atoms with E-state index in [1.807, 2.05) is 19.1 Å². The Morgan fingerprint density at radius 3 is 2.65 bits per heavy atom. The number of aryl methyl sites for hydroxylation is 1. The average Bonchev–Trinajstić information content (AvgIpc) is 2.45. The molecule has 0 saturated heterocycles. The number of aromatic nitrogens is 1. The van der Waals surface area contributed by atoms with Crippen LogP contribution in [0.25, 0.3) is 0 Å². The number of carbonyl (C=O) groups excluding carboxylic acids is 1. The number of nitrogens with two attached hydrogens (primary N) is 1. The molecule has 3 N–H and O–H groups in total. The predicted molar refractivity (Wildman–Crippen MR) is 79.3 cm³/mol. The van der Waals surface area contributed by atoms with Crippen LogP contribution in [0.5, 0.6) is 0 Å². The minimum atomic E-state index is -0.193. The lowest BCUT2D eigenvalue weighted by Gasteiger charge is -2.05. The van der Waals surface area contributed by atoms with E-state index in [2.05, 4.69) is 22.1 Å². The molecule has 4 heteroatoms. The van der Waals surface area contributed by atoms with Gasteiger partial charge in [-0.15, -0.1) is 0 Å². The van der Waals surface area contributed by atoms with Gasteiger partial charge in [0.2, 0.25) is 0 Å². The highest BCUT2D eigenvalue weighted by Gasteiger charge is 2.06. The number of rotatable bonds is 2. The largest absolute Gasteiger partial charge is 0.320 e. The van der Waals surface area contributed by atoms with E-state index < -0.39 is 0 Å². The lowest BCUT2D eigenvalue weighted by Crippen LogP contribution is -2.13. The highest BCUT2D eigenvalue weighted by molar-refractivity contribution is 6.03. The van der Waals surface area contributed by atoms with E-state index in [-0.39, 0.29) is 5.91 Å². The first kappa shape index (κ1) is 13.8. The van der Waals surface area contributed by atoms with E-state index in [1.54, 1.807) is 30.3 Å². The number of carbonyl (C=O) groups is 1. The molecule has 2 rings (SSSR count). The minimum absolute atomic E-state index is 0.193. The molecule has 20 heavy (non-hydrogen) atoms. The first-order valence-electron chi connectivity index (χ1n) is 6.23. The van der Waals surface area contributed by atoms with E-state index in [9.17, 15) is 4.79 Å². The molecular formula is C16H15N3O. The van der Waals surface area contributed by atoms with Crippen molar-refractivity contribution < 1.29 is 4.79 Å². The molecule has 0 aliphatic heterocycles. The third-order valence-corrected chi connectivity index (χ3v) is 2.61. The SMILES string of the molecule is Cc1cccc(NC(=O)c2ccc(C#CCN)cc2)n1. The van der Waals surface area contributed by atoms with Crippen molar-refractivity contribution >= 4 is 11.7 Å². The quantitative estimate of drug-likeness (QED) is 0.815. The summed E-state index contributed by atoms with van der Waals surface area (Å²) in [7, 11) is 0. The molecule has 1 aromatic heterocycles. The zero-order valence-corrected chi connectivity index (χ0v) is 11.2. The van der Waals surface area contributed by atoms with Gasteiger partial charge in [-0.2, -0.15) is 0 Å². The molecule has 0 radical (unpaired) electrons. The number of nitrogens with zero attached hydrogens (tertiary/aromatic N) is 1. The van der Waals surface area contributed by atoms with Crippen molar-refractivity contribution in [1.82, 2.24) is 4.98 Å². The second-order valence-corrected chi connectivity index (χ2v) is 4.20. The smallest absolute Gasteiger partial charge is 0.256 e. The van der Waals surface area contributed by atoms with Crippen LogP contribution in [-0.4, -0.2) is 17.4 Å². The van der Waals surface area contributed by atoms with Gasteiger partial charge in [0.25, 0.3) is 5.91 Å². The lowest BCUT2D eigenvalue weighted by molar-refractivity contribution is 0.102. The van der Waals surface area contributed by atoms with Gasteiger partial charge < -0.3 is 11.1 Å². The molecule has 0 spiro atoms. The lowest BCUT2D eigenvalue weighted by atomic mass is 10.1. The second kappa shape index (κ2) is 6.50. The normalized spacial score (nSPS) is 9.50. The summed E-state index contributed by atoms with van der Waals surface area (Å²) in [6, 6.07) is 12.5. The van der Waals surface area contributed by atoms with Gasteiger partial charge in [0, 0.05) is 16.8 Å². The van der Waals surface area contributed by atoms with Gasteiger partial charge in [-0.1, -0.05) is 17.9 Å². The van der Waals surface area contributed by atoms with E-state index >= 15 is 0 Å². The maximum absolute atomic E-state index is 12.0. The van der Waals surface area contributed by atoms with Crippen molar-refractivity contribution in [2.45, 2.75) is 6.92 Å². The van der Waals surface area contributed by atoms with Crippen LogP contribution >= 0.6 is 0 Å². The Hall–Kier alpha value is -2.64. The number of nitrogens with one attached hydrogen (secondary N) is 1. The molecule has 0 saturated carbocycles. The number of anilines is 1. The van der Waals surface area contributed by atoms with Crippen LogP contribution in [0.4, 0.5) is 5.82 Å². The number of hydrogen-bond acceptors (Lipinski definition) is 3. The standard InChI is InChI=1S/C16H15N3O/c1-12-4-2-6-15(18-12)19-16(20)14-9-7-13(8-10-14)5-3-11-17/h2,4,6-10H,11,17H2,1H3,(H,18,19,20). The van der Waals surface area contributed by atoms with Crippen molar-refractivity contribution in [3.8, 4) is 11.8 Å². The molecule has 0 bridgehead atoms. The molecule has 0 fully saturated rings. The highest BCUT2D eigenvalue weighted by Crippen LogP contribution is 2.08. The molecule has 100 valence electrons. The second-order valence-electron chi connectivity index (χ2n) is 4.20. The molecule has 0 atom stereocenters. The van der Waals surface area contributed by atoms with Crippen LogP contribution in [-0.2, 0) is 0 Å². The molecule has 1 heterocycles. The average molecular weight is 265 g/mol. The Bertz CT molecular complexity index is 666. The Morgan fingerprint density at radius 1 is 1.25 bits per heavy atom. The summed E-state index contributed by atoms with van der Waals surface area (Å²) in [6.07, 6.45) is 0. The molecule has 0 unspecified atom stereocenters. The fraction of sp³-hybridized carbons (Fsp3) is 0.125. The first-order chi connectivity index (χ1) is 9.69. The van der Waals surface area contributed by atoms with Crippen LogP contribution in [0.3, 0.4) is 0 Å². The summed E-state index contributed by atoms with van der Waals surface area (Å²) in [5.41, 5.74) is 7.56. The van der Waals surface area contributed by atoms with Crippen LogP contribution in [0, 0.1) is 18.8 Å². The monoisotopic (exact) mass is 265 g/mol. The van der Waals surface area contributed by atoms with Crippen LogP contribution in [0.15, 0.2) is 42.5 Å². The molecule has 0 aliphatic rings. The Kier molecular flexibility index (Phi) is 4.48. The fourth-order valence-corrected chi connectivity index (χ4v) is 1.66.